The van der Waals surface area contributed by atoms with Gasteiger partial charge >= 0.3 is 5.97 Å². The van der Waals surface area contributed by atoms with E-state index in [9.17, 15) is 19.2 Å². The molecule has 3 amide bonds. The Hall–Kier alpha value is -2.67. The van der Waals surface area contributed by atoms with Gasteiger partial charge in [0.25, 0.3) is 5.91 Å². The van der Waals surface area contributed by atoms with Crippen LogP contribution in [-0.2, 0) is 32.6 Å². The van der Waals surface area contributed by atoms with Crippen molar-refractivity contribution < 1.29 is 52.5 Å². The average molecular weight is 625 g/mol. The molecule has 11 heteroatoms. The van der Waals surface area contributed by atoms with E-state index in [2.05, 4.69) is 10.6 Å². The summed E-state index contributed by atoms with van der Waals surface area (Å²) in [6, 6.07) is 11.3. The maximum Gasteiger partial charge on any atom is 0.330 e. The van der Waals surface area contributed by atoms with Gasteiger partial charge in [-0.2, -0.15) is 0 Å². The van der Waals surface area contributed by atoms with Crippen molar-refractivity contribution in [3.05, 3.63) is 66.0 Å². The number of thioether (sulfide) groups is 1. The summed E-state index contributed by atoms with van der Waals surface area (Å²) >= 11 is 1.47. The first-order valence-electron chi connectivity index (χ1n) is 11.4. The summed E-state index contributed by atoms with van der Waals surface area (Å²) in [5.74, 6) is -1.31. The minimum absolute atomic E-state index is 0. The number of aryl methyl sites for hydroxylation is 1. The molecule has 2 aliphatic heterocycles. The van der Waals surface area contributed by atoms with Crippen molar-refractivity contribution in [2.24, 2.45) is 7.05 Å². The van der Waals surface area contributed by atoms with Crippen LogP contribution in [0.25, 0.3) is 0 Å². The Morgan fingerprint density at radius 1 is 1.14 bits per heavy atom. The zero-order chi connectivity index (χ0) is 25.2. The molecule has 2 fully saturated rings. The minimum atomic E-state index is -0.767. The Morgan fingerprint density at radius 2 is 1.86 bits per heavy atom. The number of benzene rings is 1. The summed E-state index contributed by atoms with van der Waals surface area (Å²) in [4.78, 5) is 52.0. The number of hydrogen-bond donors (Lipinski definition) is 2. The van der Waals surface area contributed by atoms with Gasteiger partial charge in [0.15, 0.2) is 12.4 Å². The number of pyridine rings is 1. The molecular weight excluding hydrogens is 595 g/mol. The quantitative estimate of drug-likeness (QED) is 0.111. The monoisotopic (exact) mass is 624 g/mol. The summed E-state index contributed by atoms with van der Waals surface area (Å²) in [7, 11) is 1.82. The van der Waals surface area contributed by atoms with Gasteiger partial charge in [0.05, 0.1) is 13.0 Å². The first kappa shape index (κ1) is 27.9. The molecule has 2 N–H and O–H groups in total. The third-order valence-electron chi connectivity index (χ3n) is 6.02. The van der Waals surface area contributed by atoms with Crippen LogP contribution in [0.2, 0.25) is 0 Å². The molecule has 9 nitrogen and oxygen atoms in total. The fourth-order valence-corrected chi connectivity index (χ4v) is 5.97. The Labute approximate surface area is 231 Å². The number of hydrogen-bond acceptors (Lipinski definition) is 6. The Kier molecular flexibility index (Phi) is 8.98. The third kappa shape index (κ3) is 6.00. The number of carbonyl (C=O) groups excluding carboxylic acids is 4. The standard InChI is InChI=1S/C25H28N4O5S.HI/c1-25(2)20(24(33)34-13-11-26-21(31)17-10-7-12-28(3)15-17)29-22(32)19(23(29)35-25)27-18(30)14-16-8-5-4-6-9-16;/h4-10,12,15,19-20,23H,11,13-14H2,1-3H3,(H-,26,27,30,31);1H/t19-,20?,23-;/m1./s1. The minimum Gasteiger partial charge on any atom is -1.00 e. The number of nitrogens with zero attached hydrogens (tertiary/aromatic N) is 2. The van der Waals surface area contributed by atoms with Crippen LogP contribution in [0.15, 0.2) is 54.9 Å². The fraction of sp³-hybridized carbons (Fsp3) is 0.400. The summed E-state index contributed by atoms with van der Waals surface area (Å²) in [5, 5.41) is 5.21. The number of nitrogens with one attached hydrogen (secondary N) is 2. The Balaban J connectivity index is 0.00000361. The zero-order valence-electron chi connectivity index (χ0n) is 20.3. The van der Waals surface area contributed by atoms with E-state index < -0.39 is 22.8 Å². The molecule has 36 heavy (non-hydrogen) atoms. The second-order valence-electron chi connectivity index (χ2n) is 9.15. The highest BCUT2D eigenvalue weighted by molar-refractivity contribution is 8.01. The van der Waals surface area contributed by atoms with Gasteiger partial charge in [-0.3, -0.25) is 14.4 Å². The van der Waals surface area contributed by atoms with Gasteiger partial charge in [-0.25, -0.2) is 9.36 Å². The van der Waals surface area contributed by atoms with Crippen molar-refractivity contribution in [1.82, 2.24) is 15.5 Å². The number of rotatable bonds is 8. The van der Waals surface area contributed by atoms with Crippen LogP contribution in [0, 0.1) is 0 Å². The molecule has 0 spiro atoms. The van der Waals surface area contributed by atoms with Gasteiger partial charge in [-0.15, -0.1) is 11.8 Å². The molecule has 1 aromatic heterocycles. The molecule has 4 rings (SSSR count). The predicted molar refractivity (Wildman–Crippen MR) is 129 cm³/mol. The highest BCUT2D eigenvalue weighted by atomic mass is 127. The van der Waals surface area contributed by atoms with Gasteiger partial charge < -0.3 is 44.2 Å². The maximum atomic E-state index is 12.9. The number of ether oxygens (including phenoxy) is 1. The molecule has 0 aliphatic carbocycles. The van der Waals surface area contributed by atoms with E-state index in [1.54, 1.807) is 22.9 Å². The number of esters is 1. The molecule has 192 valence electrons. The largest absolute Gasteiger partial charge is 1.00 e. The van der Waals surface area contributed by atoms with Gasteiger partial charge in [0.1, 0.15) is 36.7 Å². The van der Waals surface area contributed by atoms with Crippen molar-refractivity contribution >= 4 is 35.5 Å². The summed E-state index contributed by atoms with van der Waals surface area (Å²) in [6.45, 7) is 3.91. The molecule has 3 heterocycles. The Morgan fingerprint density at radius 3 is 2.56 bits per heavy atom. The topological polar surface area (TPSA) is 109 Å². The molecular formula is C25H29IN4O5S. The van der Waals surface area contributed by atoms with Crippen LogP contribution in [0.5, 0.6) is 0 Å². The van der Waals surface area contributed by atoms with Crippen molar-refractivity contribution in [3.8, 4) is 0 Å². The van der Waals surface area contributed by atoms with Gasteiger partial charge in [0.2, 0.25) is 11.8 Å². The maximum absolute atomic E-state index is 12.9. The molecule has 2 saturated heterocycles. The number of β-lactam (4-membered cyclic amide) rings is 1. The molecule has 3 atom stereocenters. The summed E-state index contributed by atoms with van der Waals surface area (Å²) < 4.78 is 6.60. The number of amides is 3. The summed E-state index contributed by atoms with van der Waals surface area (Å²) in [5.41, 5.74) is 1.37. The van der Waals surface area contributed by atoms with Gasteiger partial charge in [-0.1, -0.05) is 30.3 Å². The molecule has 0 radical (unpaired) electrons. The smallest absolute Gasteiger partial charge is 0.330 e. The van der Waals surface area contributed by atoms with Gasteiger partial charge in [0, 0.05) is 10.8 Å². The average Bonchev–Trinajstić information content (AvgIpc) is 3.08. The highest BCUT2D eigenvalue weighted by Crippen LogP contribution is 2.51. The first-order chi connectivity index (χ1) is 16.7. The van der Waals surface area contributed by atoms with Crippen LogP contribution >= 0.6 is 11.8 Å². The molecule has 0 saturated carbocycles. The second-order valence-corrected chi connectivity index (χ2v) is 10.9. The van der Waals surface area contributed by atoms with Crippen LogP contribution in [-0.4, -0.2) is 63.9 Å². The SMILES string of the molecule is C[n+]1cccc(C(=O)NCCOC(=O)C2N3C(=O)[C@@H](NC(=O)Cc4ccccc4)[C@H]3SC2(C)C)c1.[I-]. The van der Waals surface area contributed by atoms with Crippen LogP contribution < -0.4 is 39.2 Å². The van der Waals surface area contributed by atoms with E-state index >= 15 is 0 Å². The highest BCUT2D eigenvalue weighted by Gasteiger charge is 2.64. The zero-order valence-corrected chi connectivity index (χ0v) is 23.2. The molecule has 0 bridgehead atoms. The lowest BCUT2D eigenvalue weighted by molar-refractivity contribution is -0.671. The normalized spacial score (nSPS) is 21.5. The van der Waals surface area contributed by atoms with Crippen molar-refractivity contribution in [1.29, 1.82) is 0 Å². The van der Waals surface area contributed by atoms with E-state index in [1.165, 1.54) is 16.7 Å². The number of aromatic nitrogens is 1. The van der Waals surface area contributed by atoms with E-state index in [4.69, 9.17) is 4.74 Å². The van der Waals surface area contributed by atoms with Crippen molar-refractivity contribution in [2.45, 2.75) is 42.5 Å². The molecule has 1 aromatic carbocycles. The number of carbonyl (C=O) groups is 4. The van der Waals surface area contributed by atoms with Crippen molar-refractivity contribution in [3.63, 3.8) is 0 Å². The van der Waals surface area contributed by atoms with Crippen LogP contribution in [0.3, 0.4) is 0 Å². The van der Waals surface area contributed by atoms with Crippen molar-refractivity contribution in [2.75, 3.05) is 13.2 Å². The number of fused-ring (bicyclic) bond motifs is 1. The summed E-state index contributed by atoms with van der Waals surface area (Å²) in [6.07, 6.45) is 3.71. The molecule has 2 aromatic rings. The lowest BCUT2D eigenvalue weighted by Crippen LogP contribution is -3.00. The third-order valence-corrected chi connectivity index (χ3v) is 7.59. The van der Waals surface area contributed by atoms with E-state index in [-0.39, 0.29) is 66.6 Å². The molecule has 2 aliphatic rings. The number of halogens is 1. The lowest BCUT2D eigenvalue weighted by Gasteiger charge is -2.44. The van der Waals surface area contributed by atoms with Gasteiger partial charge in [-0.05, 0) is 25.5 Å². The van der Waals surface area contributed by atoms with E-state index in [0.717, 1.165) is 5.56 Å². The van der Waals surface area contributed by atoms with Crippen LogP contribution in [0.1, 0.15) is 29.8 Å². The Bertz CT molecular complexity index is 1150. The van der Waals surface area contributed by atoms with E-state index in [1.807, 2.05) is 57.4 Å². The first-order valence-corrected chi connectivity index (χ1v) is 12.3. The fourth-order valence-electron chi connectivity index (χ4n) is 4.35. The molecule has 1 unspecified atom stereocenters. The predicted octanol–water partition coefficient (Wildman–Crippen LogP) is -2.42. The lowest BCUT2D eigenvalue weighted by atomic mass is 9.96. The second kappa shape index (κ2) is 11.6. The van der Waals surface area contributed by atoms with E-state index in [0.29, 0.717) is 5.56 Å². The van der Waals surface area contributed by atoms with Crippen LogP contribution in [0.4, 0.5) is 0 Å².